The fourth-order valence-corrected chi connectivity index (χ4v) is 2.79. The van der Waals surface area contributed by atoms with Crippen LogP contribution in [-0.4, -0.2) is 24.6 Å². The summed E-state index contributed by atoms with van der Waals surface area (Å²) in [7, 11) is 1.52. The summed E-state index contributed by atoms with van der Waals surface area (Å²) in [5, 5.41) is 2.86. The van der Waals surface area contributed by atoms with Crippen LogP contribution in [-0.2, 0) is 4.79 Å². The summed E-state index contributed by atoms with van der Waals surface area (Å²) in [6.45, 7) is 3.75. The minimum atomic E-state index is -0.381. The van der Waals surface area contributed by atoms with Crippen LogP contribution in [0.4, 0.5) is 0 Å². The van der Waals surface area contributed by atoms with Crippen molar-refractivity contribution < 1.29 is 14.3 Å². The average Bonchev–Trinajstić information content (AvgIpc) is 2.59. The number of carbonyl (C=O) groups excluding carboxylic acids is 2. The maximum absolute atomic E-state index is 12.4. The van der Waals surface area contributed by atoms with Crippen LogP contribution >= 0.6 is 0 Å². The number of fused-ring (bicyclic) bond motifs is 1. The molecule has 1 N–H and O–H groups in total. The van der Waals surface area contributed by atoms with E-state index >= 15 is 0 Å². The smallest absolute Gasteiger partial charge is 0.281 e. The van der Waals surface area contributed by atoms with Crippen molar-refractivity contribution >= 4 is 17.5 Å². The molecule has 0 saturated heterocycles. The molecule has 1 heterocycles. The van der Waals surface area contributed by atoms with Gasteiger partial charge in [0.15, 0.2) is 0 Å². The fourth-order valence-electron chi connectivity index (χ4n) is 2.79. The summed E-state index contributed by atoms with van der Waals surface area (Å²) in [6.07, 6.45) is 5.49. The maximum atomic E-state index is 12.4. The Kier molecular flexibility index (Phi) is 4.16. The van der Waals surface area contributed by atoms with Crippen LogP contribution in [0.15, 0.2) is 64.3 Å². The second-order valence-electron chi connectivity index (χ2n) is 5.74. The number of aliphatic imine (C=N–C) groups is 1. The lowest BCUT2D eigenvalue weighted by atomic mass is 9.85. The standard InChI is InChI=1S/C19H18N2O3/c1-11-12(2)18(22)21-16-10-13(8-9-14(11)16)20-19(23)15-6-4-5-7-17(15)24-3/h4-10,14H,1-3H3,(H,21,22). The molecule has 1 aromatic carbocycles. The number of nitrogens with zero attached hydrogens (tertiary/aromatic N) is 1. The first-order valence-corrected chi connectivity index (χ1v) is 7.66. The molecule has 2 amide bonds. The Labute approximate surface area is 140 Å². The molecular weight excluding hydrogens is 304 g/mol. The number of carbonyl (C=O) groups is 2. The number of hydrogen-bond acceptors (Lipinski definition) is 3. The number of hydrogen-bond donors (Lipinski definition) is 1. The van der Waals surface area contributed by atoms with Gasteiger partial charge in [-0.1, -0.05) is 23.8 Å². The second-order valence-corrected chi connectivity index (χ2v) is 5.74. The fraction of sp³-hybridized carbons (Fsp3) is 0.211. The molecule has 0 aromatic heterocycles. The van der Waals surface area contributed by atoms with Gasteiger partial charge < -0.3 is 10.1 Å². The monoisotopic (exact) mass is 322 g/mol. The first kappa shape index (κ1) is 15.9. The van der Waals surface area contributed by atoms with Gasteiger partial charge in [0.05, 0.1) is 18.4 Å². The van der Waals surface area contributed by atoms with Crippen molar-refractivity contribution in [1.82, 2.24) is 5.32 Å². The van der Waals surface area contributed by atoms with Gasteiger partial charge in [-0.3, -0.25) is 9.59 Å². The average molecular weight is 322 g/mol. The zero-order valence-electron chi connectivity index (χ0n) is 13.8. The molecule has 2 aliphatic rings. The van der Waals surface area contributed by atoms with Crippen molar-refractivity contribution in [3.05, 3.63) is 64.9 Å². The Hall–Kier alpha value is -2.95. The summed E-state index contributed by atoms with van der Waals surface area (Å²) < 4.78 is 5.19. The zero-order chi connectivity index (χ0) is 17.3. The molecule has 0 bridgehead atoms. The Morgan fingerprint density at radius 3 is 2.75 bits per heavy atom. The molecule has 3 rings (SSSR count). The second kappa shape index (κ2) is 6.28. The predicted molar refractivity (Wildman–Crippen MR) is 92.0 cm³/mol. The minimum absolute atomic E-state index is 0.0306. The third-order valence-electron chi connectivity index (χ3n) is 4.32. The molecule has 0 radical (unpaired) electrons. The van der Waals surface area contributed by atoms with Crippen molar-refractivity contribution in [2.75, 3.05) is 7.11 Å². The SMILES string of the molecule is COc1ccccc1C(=O)N=C1C=CC2C(=C1)NC(=O)C(C)=C2C. The van der Waals surface area contributed by atoms with Crippen molar-refractivity contribution in [3.8, 4) is 5.75 Å². The van der Waals surface area contributed by atoms with Crippen molar-refractivity contribution in [2.45, 2.75) is 13.8 Å². The van der Waals surface area contributed by atoms with E-state index in [2.05, 4.69) is 10.3 Å². The molecule has 122 valence electrons. The van der Waals surface area contributed by atoms with Gasteiger partial charge in [-0.2, -0.15) is 0 Å². The molecule has 1 aliphatic carbocycles. The molecule has 1 unspecified atom stereocenters. The van der Waals surface area contributed by atoms with Crippen LogP contribution in [0, 0.1) is 5.92 Å². The zero-order valence-corrected chi connectivity index (χ0v) is 13.8. The number of nitrogens with one attached hydrogen (secondary N) is 1. The summed E-state index contributed by atoms with van der Waals surface area (Å²) in [4.78, 5) is 28.5. The molecular formula is C19H18N2O3. The third kappa shape index (κ3) is 2.80. The highest BCUT2D eigenvalue weighted by Crippen LogP contribution is 2.30. The molecule has 24 heavy (non-hydrogen) atoms. The minimum Gasteiger partial charge on any atom is -0.496 e. The van der Waals surface area contributed by atoms with Crippen LogP contribution in [0.3, 0.4) is 0 Å². The van der Waals surface area contributed by atoms with E-state index in [0.29, 0.717) is 17.0 Å². The number of para-hydroxylation sites is 1. The van der Waals surface area contributed by atoms with Gasteiger partial charge in [-0.25, -0.2) is 4.99 Å². The predicted octanol–water partition coefficient (Wildman–Crippen LogP) is 2.81. The lowest BCUT2D eigenvalue weighted by Crippen LogP contribution is -2.35. The summed E-state index contributed by atoms with van der Waals surface area (Å²) in [6, 6.07) is 6.95. The van der Waals surface area contributed by atoms with E-state index in [0.717, 1.165) is 16.8 Å². The first-order chi connectivity index (χ1) is 11.5. The molecule has 0 spiro atoms. The molecule has 5 heteroatoms. The van der Waals surface area contributed by atoms with E-state index in [4.69, 9.17) is 4.74 Å². The summed E-state index contributed by atoms with van der Waals surface area (Å²) in [5.41, 5.74) is 3.40. The third-order valence-corrected chi connectivity index (χ3v) is 4.32. The highest BCUT2D eigenvalue weighted by molar-refractivity contribution is 6.14. The van der Waals surface area contributed by atoms with Gasteiger partial charge in [0.2, 0.25) is 0 Å². The molecule has 0 saturated carbocycles. The number of allylic oxidation sites excluding steroid dienone is 3. The van der Waals surface area contributed by atoms with E-state index in [1.54, 1.807) is 36.4 Å². The van der Waals surface area contributed by atoms with Gasteiger partial charge >= 0.3 is 0 Å². The number of benzene rings is 1. The molecule has 1 aromatic rings. The van der Waals surface area contributed by atoms with Gasteiger partial charge in [0, 0.05) is 17.2 Å². The van der Waals surface area contributed by atoms with Gasteiger partial charge in [-0.15, -0.1) is 0 Å². The van der Waals surface area contributed by atoms with E-state index < -0.39 is 0 Å². The van der Waals surface area contributed by atoms with Gasteiger partial charge in [0.25, 0.3) is 11.8 Å². The van der Waals surface area contributed by atoms with Crippen LogP contribution in [0.5, 0.6) is 5.75 Å². The summed E-state index contributed by atoms with van der Waals surface area (Å²) >= 11 is 0. The Bertz CT molecular complexity index is 844. The quantitative estimate of drug-likeness (QED) is 0.910. The lowest BCUT2D eigenvalue weighted by molar-refractivity contribution is -0.117. The van der Waals surface area contributed by atoms with E-state index in [1.165, 1.54) is 7.11 Å². The van der Waals surface area contributed by atoms with E-state index in [9.17, 15) is 9.59 Å². The van der Waals surface area contributed by atoms with Crippen molar-refractivity contribution in [2.24, 2.45) is 10.9 Å². The Balaban J connectivity index is 1.91. The first-order valence-electron chi connectivity index (χ1n) is 7.66. The Morgan fingerprint density at radius 1 is 1.25 bits per heavy atom. The number of ether oxygens (including phenoxy) is 1. The van der Waals surface area contributed by atoms with Gasteiger partial charge in [0.1, 0.15) is 5.75 Å². The topological polar surface area (TPSA) is 67.8 Å². The Morgan fingerprint density at radius 2 is 2.00 bits per heavy atom. The van der Waals surface area contributed by atoms with Crippen LogP contribution in [0.2, 0.25) is 0 Å². The van der Waals surface area contributed by atoms with E-state index in [-0.39, 0.29) is 17.7 Å². The number of methoxy groups -OCH3 is 1. The van der Waals surface area contributed by atoms with Crippen LogP contribution in [0.25, 0.3) is 0 Å². The molecule has 0 fully saturated rings. The largest absolute Gasteiger partial charge is 0.496 e. The van der Waals surface area contributed by atoms with Crippen molar-refractivity contribution in [3.63, 3.8) is 0 Å². The number of amides is 2. The highest BCUT2D eigenvalue weighted by Gasteiger charge is 2.27. The highest BCUT2D eigenvalue weighted by atomic mass is 16.5. The number of rotatable bonds is 2. The maximum Gasteiger partial charge on any atom is 0.281 e. The van der Waals surface area contributed by atoms with Crippen LogP contribution in [0.1, 0.15) is 24.2 Å². The lowest BCUT2D eigenvalue weighted by Gasteiger charge is -2.28. The molecule has 1 atom stereocenters. The normalized spacial score (nSPS) is 21.3. The molecule has 5 nitrogen and oxygen atoms in total. The summed E-state index contributed by atoms with van der Waals surface area (Å²) in [5.74, 6) is 0.0224. The van der Waals surface area contributed by atoms with Crippen LogP contribution < -0.4 is 10.1 Å². The van der Waals surface area contributed by atoms with Crippen molar-refractivity contribution in [1.29, 1.82) is 0 Å². The van der Waals surface area contributed by atoms with Gasteiger partial charge in [-0.05, 0) is 38.1 Å². The van der Waals surface area contributed by atoms with E-state index in [1.807, 2.05) is 19.9 Å². The molecule has 1 aliphatic heterocycles.